The second kappa shape index (κ2) is 8.00. The Labute approximate surface area is 181 Å². The summed E-state index contributed by atoms with van der Waals surface area (Å²) in [6.45, 7) is 0. The minimum atomic E-state index is -1.08. The summed E-state index contributed by atoms with van der Waals surface area (Å²) in [4.78, 5) is 41.8. The summed E-state index contributed by atoms with van der Waals surface area (Å²) < 4.78 is 0. The zero-order valence-corrected chi connectivity index (χ0v) is 16.6. The highest BCUT2D eigenvalue weighted by Crippen LogP contribution is 2.42. The Balaban J connectivity index is 1.96. The molecule has 2 aromatic carbocycles. The Hall–Kier alpha value is -4.04. The third-order valence-corrected chi connectivity index (χ3v) is 5.13. The van der Waals surface area contributed by atoms with Gasteiger partial charge in [-0.2, -0.15) is 0 Å². The SMILES string of the molecule is O=C1C(=O)N(c2cccnc2)[C@H](c2cccc([N+](=O)[O-])c2)C1=C(O)c1ccc(Cl)cc1. The van der Waals surface area contributed by atoms with Crippen LogP contribution in [0.5, 0.6) is 0 Å². The summed E-state index contributed by atoms with van der Waals surface area (Å²) in [6, 6.07) is 13.8. The lowest BCUT2D eigenvalue weighted by Crippen LogP contribution is -2.29. The maximum atomic E-state index is 13.0. The minimum absolute atomic E-state index is 0.184. The summed E-state index contributed by atoms with van der Waals surface area (Å²) >= 11 is 5.90. The Morgan fingerprint density at radius 3 is 2.48 bits per heavy atom. The predicted molar refractivity (Wildman–Crippen MR) is 114 cm³/mol. The highest BCUT2D eigenvalue weighted by Gasteiger charge is 2.47. The number of nitrogens with zero attached hydrogens (tertiary/aromatic N) is 3. The summed E-state index contributed by atoms with van der Waals surface area (Å²) in [7, 11) is 0. The van der Waals surface area contributed by atoms with Crippen LogP contribution in [0.4, 0.5) is 11.4 Å². The van der Waals surface area contributed by atoms with Crippen LogP contribution in [0.3, 0.4) is 0 Å². The number of ketones is 1. The van der Waals surface area contributed by atoms with Crippen LogP contribution in [0.1, 0.15) is 17.2 Å². The largest absolute Gasteiger partial charge is 0.507 e. The molecule has 9 heteroatoms. The van der Waals surface area contributed by atoms with Crippen LogP contribution >= 0.6 is 11.6 Å². The third-order valence-electron chi connectivity index (χ3n) is 4.88. The molecule has 3 aromatic rings. The van der Waals surface area contributed by atoms with Crippen molar-refractivity contribution in [3.63, 3.8) is 0 Å². The van der Waals surface area contributed by atoms with Crippen molar-refractivity contribution in [1.82, 2.24) is 4.98 Å². The second-order valence-electron chi connectivity index (χ2n) is 6.74. The number of aliphatic hydroxyl groups is 1. The first kappa shape index (κ1) is 20.2. The zero-order valence-electron chi connectivity index (χ0n) is 15.8. The first-order chi connectivity index (χ1) is 14.9. The van der Waals surface area contributed by atoms with Crippen molar-refractivity contribution in [2.24, 2.45) is 0 Å². The topological polar surface area (TPSA) is 114 Å². The fourth-order valence-electron chi connectivity index (χ4n) is 3.48. The number of carbonyl (C=O) groups excluding carboxylic acids is 2. The van der Waals surface area contributed by atoms with Crippen LogP contribution in [-0.4, -0.2) is 26.7 Å². The average Bonchev–Trinajstić information content (AvgIpc) is 3.05. The molecule has 1 N–H and O–H groups in total. The van der Waals surface area contributed by atoms with Crippen molar-refractivity contribution >= 4 is 40.4 Å². The molecule has 2 heterocycles. The van der Waals surface area contributed by atoms with Gasteiger partial charge in [-0.3, -0.25) is 29.6 Å². The second-order valence-corrected chi connectivity index (χ2v) is 7.18. The molecule has 0 spiro atoms. The van der Waals surface area contributed by atoms with Crippen molar-refractivity contribution in [3.05, 3.63) is 105 Å². The monoisotopic (exact) mass is 435 g/mol. The van der Waals surface area contributed by atoms with Crippen molar-refractivity contribution in [2.45, 2.75) is 6.04 Å². The van der Waals surface area contributed by atoms with Crippen LogP contribution < -0.4 is 4.90 Å². The molecule has 31 heavy (non-hydrogen) atoms. The molecular weight excluding hydrogens is 422 g/mol. The number of nitro groups is 1. The van der Waals surface area contributed by atoms with E-state index in [1.807, 2.05) is 0 Å². The minimum Gasteiger partial charge on any atom is -0.507 e. The molecule has 1 saturated heterocycles. The van der Waals surface area contributed by atoms with E-state index in [2.05, 4.69) is 4.98 Å². The van der Waals surface area contributed by atoms with Gasteiger partial charge in [0.15, 0.2) is 0 Å². The standard InChI is InChI=1S/C22H14ClN3O5/c23-15-8-6-13(7-9-15)20(27)18-19(14-3-1-4-16(11-14)26(30)31)25(22(29)21(18)28)17-5-2-10-24-12-17/h1-12,19,27H/t19-/m1/s1. The molecule has 0 saturated carbocycles. The number of rotatable bonds is 4. The summed E-state index contributed by atoms with van der Waals surface area (Å²) in [5, 5.41) is 22.7. The van der Waals surface area contributed by atoms with Gasteiger partial charge in [0.1, 0.15) is 5.76 Å². The molecule has 0 bridgehead atoms. The van der Waals surface area contributed by atoms with Gasteiger partial charge in [0.2, 0.25) is 0 Å². The molecular formula is C22H14ClN3O5. The zero-order chi connectivity index (χ0) is 22.1. The molecule has 0 aliphatic carbocycles. The highest BCUT2D eigenvalue weighted by molar-refractivity contribution is 6.51. The van der Waals surface area contributed by atoms with Crippen molar-refractivity contribution in [2.75, 3.05) is 4.90 Å². The number of amides is 1. The number of hydrogen-bond donors (Lipinski definition) is 1. The number of pyridine rings is 1. The lowest BCUT2D eigenvalue weighted by atomic mass is 9.95. The summed E-state index contributed by atoms with van der Waals surface area (Å²) in [5.74, 6) is -2.19. The maximum Gasteiger partial charge on any atom is 0.300 e. The van der Waals surface area contributed by atoms with E-state index in [1.54, 1.807) is 18.2 Å². The van der Waals surface area contributed by atoms with Gasteiger partial charge in [-0.15, -0.1) is 0 Å². The highest BCUT2D eigenvalue weighted by atomic mass is 35.5. The number of nitro benzene ring substituents is 1. The molecule has 1 aliphatic rings. The molecule has 1 amide bonds. The van der Waals surface area contributed by atoms with E-state index in [0.717, 1.165) is 0 Å². The van der Waals surface area contributed by atoms with Crippen LogP contribution in [0.15, 0.2) is 78.6 Å². The lowest BCUT2D eigenvalue weighted by molar-refractivity contribution is -0.384. The Bertz CT molecular complexity index is 1230. The van der Waals surface area contributed by atoms with E-state index in [9.17, 15) is 24.8 Å². The van der Waals surface area contributed by atoms with Crippen LogP contribution in [0, 0.1) is 10.1 Å². The van der Waals surface area contributed by atoms with E-state index >= 15 is 0 Å². The molecule has 0 unspecified atom stereocenters. The molecule has 4 rings (SSSR count). The molecule has 1 aromatic heterocycles. The number of aliphatic hydroxyl groups excluding tert-OH is 1. The number of carbonyl (C=O) groups is 2. The van der Waals surface area contributed by atoms with Crippen LogP contribution in [0.25, 0.3) is 5.76 Å². The molecule has 1 fully saturated rings. The van der Waals surface area contributed by atoms with Gasteiger partial charge in [0.05, 0.1) is 28.4 Å². The van der Waals surface area contributed by atoms with Gasteiger partial charge in [-0.05, 0) is 42.0 Å². The predicted octanol–water partition coefficient (Wildman–Crippen LogP) is 4.27. The van der Waals surface area contributed by atoms with Gasteiger partial charge >= 0.3 is 0 Å². The number of aromatic nitrogens is 1. The summed E-state index contributed by atoms with van der Waals surface area (Å²) in [5.41, 5.74) is 0.505. The number of Topliss-reactive ketones (excluding diaryl/α,β-unsaturated/α-hetero) is 1. The number of anilines is 1. The Kier molecular flexibility index (Phi) is 5.22. The fourth-order valence-corrected chi connectivity index (χ4v) is 3.61. The first-order valence-electron chi connectivity index (χ1n) is 9.10. The van der Waals surface area contributed by atoms with E-state index in [4.69, 9.17) is 11.6 Å². The molecule has 1 aliphatic heterocycles. The normalized spacial score (nSPS) is 17.7. The van der Waals surface area contributed by atoms with E-state index in [1.165, 1.54) is 59.8 Å². The Morgan fingerprint density at radius 2 is 1.84 bits per heavy atom. The molecule has 0 radical (unpaired) electrons. The number of benzene rings is 2. The van der Waals surface area contributed by atoms with Crippen LogP contribution in [0.2, 0.25) is 5.02 Å². The quantitative estimate of drug-likeness (QED) is 0.215. The fraction of sp³-hybridized carbons (Fsp3) is 0.0455. The first-order valence-corrected chi connectivity index (χ1v) is 9.47. The van der Waals surface area contributed by atoms with E-state index < -0.39 is 28.4 Å². The van der Waals surface area contributed by atoms with Crippen molar-refractivity contribution < 1.29 is 19.6 Å². The molecule has 154 valence electrons. The number of non-ortho nitro benzene ring substituents is 1. The Morgan fingerprint density at radius 1 is 1.10 bits per heavy atom. The lowest BCUT2D eigenvalue weighted by Gasteiger charge is -2.25. The van der Waals surface area contributed by atoms with Gasteiger partial charge in [0.25, 0.3) is 17.4 Å². The molecule has 1 atom stereocenters. The van der Waals surface area contributed by atoms with Gasteiger partial charge in [0, 0.05) is 28.9 Å². The van der Waals surface area contributed by atoms with Gasteiger partial charge in [-0.1, -0.05) is 23.7 Å². The molecule has 8 nitrogen and oxygen atoms in total. The summed E-state index contributed by atoms with van der Waals surface area (Å²) in [6.07, 6.45) is 2.91. The average molecular weight is 436 g/mol. The number of halogens is 1. The van der Waals surface area contributed by atoms with Gasteiger partial charge < -0.3 is 5.11 Å². The van der Waals surface area contributed by atoms with Crippen LogP contribution in [-0.2, 0) is 9.59 Å². The number of hydrogen-bond acceptors (Lipinski definition) is 6. The van der Waals surface area contributed by atoms with Gasteiger partial charge in [-0.25, -0.2) is 0 Å². The van der Waals surface area contributed by atoms with Crippen molar-refractivity contribution in [3.8, 4) is 0 Å². The van der Waals surface area contributed by atoms with E-state index in [0.29, 0.717) is 16.3 Å². The van der Waals surface area contributed by atoms with E-state index in [-0.39, 0.29) is 16.8 Å². The third kappa shape index (κ3) is 3.64. The maximum absolute atomic E-state index is 13.0. The smallest absolute Gasteiger partial charge is 0.300 e. The van der Waals surface area contributed by atoms with Crippen molar-refractivity contribution in [1.29, 1.82) is 0 Å².